The van der Waals surface area contributed by atoms with E-state index in [1.165, 1.54) is 0 Å². The number of nitriles is 1. The summed E-state index contributed by atoms with van der Waals surface area (Å²) >= 11 is 0. The normalized spacial score (nSPS) is 23.5. The topological polar surface area (TPSA) is 27.0 Å². The molecule has 2 rings (SSSR count). The van der Waals surface area contributed by atoms with Crippen LogP contribution in [0, 0.1) is 23.1 Å². The third-order valence-electron chi connectivity index (χ3n) is 4.16. The molecule has 1 fully saturated rings. The van der Waals surface area contributed by atoms with Crippen molar-refractivity contribution in [3.05, 3.63) is 35.1 Å². The van der Waals surface area contributed by atoms with Gasteiger partial charge in [0, 0.05) is 30.1 Å². The van der Waals surface area contributed by atoms with Gasteiger partial charge in [-0.3, -0.25) is 4.90 Å². The predicted molar refractivity (Wildman–Crippen MR) is 74.6 cm³/mol. The number of hydrogen-bond donors (Lipinski definition) is 0. The SMILES string of the molecule is CC(C)(C)N1C[C@H](c2c(F)cccc2C(F)(F)F)[C@@H](C#N)C1. The van der Waals surface area contributed by atoms with Gasteiger partial charge < -0.3 is 0 Å². The van der Waals surface area contributed by atoms with Gasteiger partial charge in [-0.1, -0.05) is 6.07 Å². The third-order valence-corrected chi connectivity index (χ3v) is 4.16. The number of halogens is 4. The first kappa shape index (κ1) is 16.8. The van der Waals surface area contributed by atoms with Crippen LogP contribution in [0.25, 0.3) is 0 Å². The number of alkyl halides is 3. The maximum absolute atomic E-state index is 14.1. The van der Waals surface area contributed by atoms with Gasteiger partial charge in [-0.05, 0) is 32.9 Å². The molecule has 1 saturated heterocycles. The maximum atomic E-state index is 14.1. The van der Waals surface area contributed by atoms with Gasteiger partial charge in [0.15, 0.2) is 0 Å². The molecule has 0 saturated carbocycles. The van der Waals surface area contributed by atoms with Crippen LogP contribution in [0.2, 0.25) is 0 Å². The Hall–Kier alpha value is -1.61. The highest BCUT2D eigenvalue weighted by Gasteiger charge is 2.44. The summed E-state index contributed by atoms with van der Waals surface area (Å²) in [7, 11) is 0. The molecular formula is C16H18F4N2. The van der Waals surface area contributed by atoms with Crippen LogP contribution in [0.1, 0.15) is 37.8 Å². The van der Waals surface area contributed by atoms with Crippen molar-refractivity contribution in [2.45, 2.75) is 38.4 Å². The summed E-state index contributed by atoms with van der Waals surface area (Å²) in [6.45, 7) is 6.36. The molecular weight excluding hydrogens is 296 g/mol. The highest BCUT2D eigenvalue weighted by atomic mass is 19.4. The second-order valence-corrected chi connectivity index (χ2v) is 6.62. The van der Waals surface area contributed by atoms with E-state index in [9.17, 15) is 22.8 Å². The third kappa shape index (κ3) is 3.09. The van der Waals surface area contributed by atoms with Crippen LogP contribution in [0.3, 0.4) is 0 Å². The fourth-order valence-corrected chi connectivity index (χ4v) is 2.94. The molecule has 0 amide bonds. The molecule has 6 heteroatoms. The summed E-state index contributed by atoms with van der Waals surface area (Å²) in [5, 5.41) is 9.29. The summed E-state index contributed by atoms with van der Waals surface area (Å²) in [5.41, 5.74) is -1.64. The van der Waals surface area contributed by atoms with Gasteiger partial charge in [0.25, 0.3) is 0 Å². The summed E-state index contributed by atoms with van der Waals surface area (Å²) < 4.78 is 53.7. The van der Waals surface area contributed by atoms with Crippen molar-refractivity contribution >= 4 is 0 Å². The molecule has 0 aromatic heterocycles. The zero-order chi connectivity index (χ0) is 16.7. The van der Waals surface area contributed by atoms with Crippen molar-refractivity contribution < 1.29 is 17.6 Å². The molecule has 120 valence electrons. The Labute approximate surface area is 127 Å². The second kappa shape index (κ2) is 5.54. The molecule has 0 radical (unpaired) electrons. The lowest BCUT2D eigenvalue weighted by molar-refractivity contribution is -0.138. The van der Waals surface area contributed by atoms with Crippen LogP contribution in [-0.4, -0.2) is 23.5 Å². The smallest absolute Gasteiger partial charge is 0.297 e. The number of benzene rings is 1. The van der Waals surface area contributed by atoms with Crippen LogP contribution >= 0.6 is 0 Å². The van der Waals surface area contributed by atoms with E-state index in [4.69, 9.17) is 0 Å². The number of nitrogens with zero attached hydrogens (tertiary/aromatic N) is 2. The quantitative estimate of drug-likeness (QED) is 0.727. The number of hydrogen-bond acceptors (Lipinski definition) is 2. The highest BCUT2D eigenvalue weighted by Crippen LogP contribution is 2.42. The average Bonchev–Trinajstić information content (AvgIpc) is 2.81. The minimum Gasteiger partial charge on any atom is -0.297 e. The molecule has 1 aromatic rings. The van der Waals surface area contributed by atoms with E-state index in [0.29, 0.717) is 6.54 Å². The Kier molecular flexibility index (Phi) is 4.22. The predicted octanol–water partition coefficient (Wildman–Crippen LogP) is 4.18. The van der Waals surface area contributed by atoms with Crippen LogP contribution in [0.4, 0.5) is 17.6 Å². The molecule has 0 spiro atoms. The van der Waals surface area contributed by atoms with Gasteiger partial charge in [0.1, 0.15) is 5.82 Å². The van der Waals surface area contributed by atoms with Crippen molar-refractivity contribution in [2.75, 3.05) is 13.1 Å². The van der Waals surface area contributed by atoms with Gasteiger partial charge >= 0.3 is 6.18 Å². The van der Waals surface area contributed by atoms with Crippen molar-refractivity contribution in [3.63, 3.8) is 0 Å². The Morgan fingerprint density at radius 3 is 2.32 bits per heavy atom. The van der Waals surface area contributed by atoms with E-state index in [1.807, 2.05) is 31.7 Å². The lowest BCUT2D eigenvalue weighted by Crippen LogP contribution is -2.39. The van der Waals surface area contributed by atoms with Crippen LogP contribution in [-0.2, 0) is 6.18 Å². The molecule has 2 atom stereocenters. The lowest BCUT2D eigenvalue weighted by Gasteiger charge is -2.31. The Balaban J connectivity index is 2.50. The first-order chi connectivity index (χ1) is 10.1. The molecule has 1 heterocycles. The van der Waals surface area contributed by atoms with E-state index >= 15 is 0 Å². The Bertz CT molecular complexity index is 596. The average molecular weight is 314 g/mol. The highest BCUT2D eigenvalue weighted by molar-refractivity contribution is 5.37. The summed E-state index contributed by atoms with van der Waals surface area (Å²) in [4.78, 5) is 1.93. The maximum Gasteiger partial charge on any atom is 0.416 e. The van der Waals surface area contributed by atoms with Gasteiger partial charge in [0.2, 0.25) is 0 Å². The minimum atomic E-state index is -4.63. The second-order valence-electron chi connectivity index (χ2n) is 6.62. The number of likely N-dealkylation sites (tertiary alicyclic amines) is 1. The van der Waals surface area contributed by atoms with Crippen molar-refractivity contribution in [1.29, 1.82) is 5.26 Å². The fraction of sp³-hybridized carbons (Fsp3) is 0.562. The Morgan fingerprint density at radius 2 is 1.82 bits per heavy atom. The molecule has 22 heavy (non-hydrogen) atoms. The van der Waals surface area contributed by atoms with E-state index in [2.05, 4.69) is 0 Å². The van der Waals surface area contributed by atoms with E-state index in [-0.39, 0.29) is 17.6 Å². The molecule has 2 nitrogen and oxygen atoms in total. The number of rotatable bonds is 1. The minimum absolute atomic E-state index is 0.242. The molecule has 0 bridgehead atoms. The van der Waals surface area contributed by atoms with E-state index < -0.39 is 29.4 Å². The van der Waals surface area contributed by atoms with Crippen LogP contribution in [0.5, 0.6) is 0 Å². The van der Waals surface area contributed by atoms with Gasteiger partial charge in [-0.25, -0.2) is 4.39 Å². The summed E-state index contributed by atoms with van der Waals surface area (Å²) in [5.74, 6) is -2.32. The van der Waals surface area contributed by atoms with Crippen molar-refractivity contribution in [1.82, 2.24) is 4.90 Å². The standard InChI is InChI=1S/C16H18F4N2/c1-15(2,3)22-8-10(7-21)11(9-22)14-12(16(18,19)20)5-4-6-13(14)17/h4-6,10-11H,8-9H2,1-3H3/t10-,11-/m0/s1. The monoisotopic (exact) mass is 314 g/mol. The van der Waals surface area contributed by atoms with Gasteiger partial charge in [-0.15, -0.1) is 0 Å². The molecule has 0 aliphatic carbocycles. The molecule has 1 aromatic carbocycles. The fourth-order valence-electron chi connectivity index (χ4n) is 2.94. The van der Waals surface area contributed by atoms with Gasteiger partial charge in [0.05, 0.1) is 17.6 Å². The van der Waals surface area contributed by atoms with E-state index in [0.717, 1.165) is 18.2 Å². The van der Waals surface area contributed by atoms with Crippen LogP contribution < -0.4 is 0 Å². The van der Waals surface area contributed by atoms with Crippen molar-refractivity contribution in [2.24, 2.45) is 5.92 Å². The molecule has 1 aliphatic heterocycles. The van der Waals surface area contributed by atoms with Crippen LogP contribution in [0.15, 0.2) is 18.2 Å². The first-order valence-corrected chi connectivity index (χ1v) is 7.06. The zero-order valence-electron chi connectivity index (χ0n) is 12.7. The molecule has 0 N–H and O–H groups in total. The van der Waals surface area contributed by atoms with E-state index in [1.54, 1.807) is 0 Å². The van der Waals surface area contributed by atoms with Crippen molar-refractivity contribution in [3.8, 4) is 6.07 Å². The zero-order valence-corrected chi connectivity index (χ0v) is 12.7. The summed E-state index contributed by atoms with van der Waals surface area (Å²) in [6, 6.07) is 5.01. The largest absolute Gasteiger partial charge is 0.416 e. The molecule has 0 unspecified atom stereocenters. The summed E-state index contributed by atoms with van der Waals surface area (Å²) in [6.07, 6.45) is -4.63. The molecule has 1 aliphatic rings. The Morgan fingerprint density at radius 1 is 1.18 bits per heavy atom. The first-order valence-electron chi connectivity index (χ1n) is 7.06. The lowest BCUT2D eigenvalue weighted by atomic mass is 9.86. The van der Waals surface area contributed by atoms with Gasteiger partial charge in [-0.2, -0.15) is 18.4 Å².